The summed E-state index contributed by atoms with van der Waals surface area (Å²) in [5.41, 5.74) is 1.43. The lowest BCUT2D eigenvalue weighted by atomic mass is 9.98. The van der Waals surface area contributed by atoms with Gasteiger partial charge in [-0.2, -0.15) is 4.98 Å². The van der Waals surface area contributed by atoms with Gasteiger partial charge in [-0.15, -0.1) is 0 Å². The van der Waals surface area contributed by atoms with Crippen LogP contribution in [0.2, 0.25) is 0 Å². The van der Waals surface area contributed by atoms with Gasteiger partial charge in [0.05, 0.1) is 6.54 Å². The van der Waals surface area contributed by atoms with E-state index >= 15 is 0 Å². The molecule has 0 spiro atoms. The van der Waals surface area contributed by atoms with Gasteiger partial charge in [-0.25, -0.2) is 0 Å². The maximum atomic E-state index is 5.29. The summed E-state index contributed by atoms with van der Waals surface area (Å²) in [6.45, 7) is 3.73. The molecule has 1 saturated heterocycles. The van der Waals surface area contributed by atoms with Crippen LogP contribution in [0.4, 0.5) is 0 Å². The second kappa shape index (κ2) is 6.13. The minimum absolute atomic E-state index is 0.549. The van der Waals surface area contributed by atoms with Crippen LogP contribution in [0, 0.1) is 6.92 Å². The van der Waals surface area contributed by atoms with E-state index in [-0.39, 0.29) is 0 Å². The number of hydrogen-bond donors (Lipinski definition) is 0. The molecule has 1 fully saturated rings. The predicted molar refractivity (Wildman–Crippen MR) is 90.1 cm³/mol. The smallest absolute Gasteiger partial charge is 0.240 e. The van der Waals surface area contributed by atoms with Gasteiger partial charge in [0.1, 0.15) is 0 Å². The minimum Gasteiger partial charge on any atom is -0.338 e. The van der Waals surface area contributed by atoms with Crippen molar-refractivity contribution in [1.29, 1.82) is 0 Å². The average Bonchev–Trinajstić information content (AvgIpc) is 3.17. The van der Waals surface area contributed by atoms with Gasteiger partial charge in [0.25, 0.3) is 0 Å². The van der Waals surface area contributed by atoms with Crippen LogP contribution in [0.3, 0.4) is 0 Å². The van der Waals surface area contributed by atoms with Crippen LogP contribution < -0.4 is 0 Å². The summed E-state index contributed by atoms with van der Waals surface area (Å²) >= 11 is 0. The van der Waals surface area contributed by atoms with E-state index in [2.05, 4.69) is 57.5 Å². The fourth-order valence-corrected chi connectivity index (χ4v) is 3.64. The third kappa shape index (κ3) is 2.99. The van der Waals surface area contributed by atoms with Crippen molar-refractivity contribution in [3.05, 3.63) is 59.7 Å². The highest BCUT2D eigenvalue weighted by molar-refractivity contribution is 5.85. The first-order chi connectivity index (χ1) is 11.3. The second-order valence-electron chi connectivity index (χ2n) is 6.34. The molecule has 4 heteroatoms. The highest BCUT2D eigenvalue weighted by Crippen LogP contribution is 2.26. The van der Waals surface area contributed by atoms with Crippen LogP contribution in [0.5, 0.6) is 0 Å². The molecule has 1 aliphatic rings. The Morgan fingerprint density at radius 2 is 2.04 bits per heavy atom. The topological polar surface area (TPSA) is 42.2 Å². The van der Waals surface area contributed by atoms with E-state index in [9.17, 15) is 0 Å². The molecule has 1 unspecified atom stereocenters. The number of aryl methyl sites for hydroxylation is 1. The third-order valence-electron chi connectivity index (χ3n) is 4.74. The molecule has 1 aromatic heterocycles. The Bertz CT molecular complexity index is 806. The molecule has 4 rings (SSSR count). The van der Waals surface area contributed by atoms with Crippen LogP contribution in [0.25, 0.3) is 10.8 Å². The quantitative estimate of drug-likeness (QED) is 0.736. The van der Waals surface area contributed by atoms with E-state index in [1.54, 1.807) is 0 Å². The van der Waals surface area contributed by atoms with Gasteiger partial charge >= 0.3 is 0 Å². The molecule has 0 radical (unpaired) electrons. The fraction of sp³-hybridized carbons (Fsp3) is 0.368. The summed E-state index contributed by atoms with van der Waals surface area (Å²) in [7, 11) is 0. The highest BCUT2D eigenvalue weighted by Gasteiger charge is 2.26. The first-order valence-corrected chi connectivity index (χ1v) is 8.29. The van der Waals surface area contributed by atoms with Crippen molar-refractivity contribution in [1.82, 2.24) is 15.0 Å². The minimum atomic E-state index is 0.549. The number of rotatable bonds is 4. The molecular weight excluding hydrogens is 286 g/mol. The van der Waals surface area contributed by atoms with E-state index in [1.807, 2.05) is 6.92 Å². The molecule has 0 saturated carbocycles. The summed E-state index contributed by atoms with van der Waals surface area (Å²) in [6.07, 6.45) is 3.55. The highest BCUT2D eigenvalue weighted by atomic mass is 16.5. The monoisotopic (exact) mass is 307 g/mol. The SMILES string of the molecule is Cc1noc(CN2CCCC2Cc2cccc3ccccc23)n1. The zero-order valence-electron chi connectivity index (χ0n) is 13.4. The predicted octanol–water partition coefficient (Wildman–Crippen LogP) is 3.74. The van der Waals surface area contributed by atoms with Gasteiger partial charge in [-0.05, 0) is 49.1 Å². The second-order valence-corrected chi connectivity index (χ2v) is 6.34. The Hall–Kier alpha value is -2.20. The zero-order chi connectivity index (χ0) is 15.6. The Balaban J connectivity index is 1.54. The van der Waals surface area contributed by atoms with E-state index in [0.717, 1.165) is 25.4 Å². The fourth-order valence-electron chi connectivity index (χ4n) is 3.64. The summed E-state index contributed by atoms with van der Waals surface area (Å²) < 4.78 is 5.29. The lowest BCUT2D eigenvalue weighted by Crippen LogP contribution is -2.30. The molecule has 2 aromatic carbocycles. The third-order valence-corrected chi connectivity index (χ3v) is 4.74. The number of fused-ring (bicyclic) bond motifs is 1. The first kappa shape index (κ1) is 14.4. The summed E-state index contributed by atoms with van der Waals surface area (Å²) in [6, 6.07) is 15.8. The molecule has 0 aliphatic carbocycles. The van der Waals surface area contributed by atoms with Gasteiger partial charge in [-0.1, -0.05) is 47.6 Å². The molecule has 1 aliphatic heterocycles. The van der Waals surface area contributed by atoms with Gasteiger partial charge in [0.2, 0.25) is 5.89 Å². The van der Waals surface area contributed by atoms with Gasteiger partial charge in [-0.3, -0.25) is 4.90 Å². The Morgan fingerprint density at radius 1 is 1.17 bits per heavy atom. The van der Waals surface area contributed by atoms with E-state index in [1.165, 1.54) is 29.2 Å². The summed E-state index contributed by atoms with van der Waals surface area (Å²) in [5, 5.41) is 6.59. The van der Waals surface area contributed by atoms with Crippen LogP contribution in [-0.4, -0.2) is 27.6 Å². The number of nitrogens with zero attached hydrogens (tertiary/aromatic N) is 3. The van der Waals surface area contributed by atoms with Gasteiger partial charge < -0.3 is 4.52 Å². The summed E-state index contributed by atoms with van der Waals surface area (Å²) in [5.74, 6) is 1.44. The lowest BCUT2D eigenvalue weighted by molar-refractivity contribution is 0.210. The van der Waals surface area contributed by atoms with Crippen LogP contribution in [0.15, 0.2) is 47.0 Å². The van der Waals surface area contributed by atoms with Crippen molar-refractivity contribution in [3.8, 4) is 0 Å². The number of likely N-dealkylation sites (tertiary alicyclic amines) is 1. The van der Waals surface area contributed by atoms with Crippen molar-refractivity contribution in [2.75, 3.05) is 6.54 Å². The molecular formula is C19H21N3O. The first-order valence-electron chi connectivity index (χ1n) is 8.29. The molecule has 0 amide bonds. The van der Waals surface area contributed by atoms with Crippen LogP contribution >= 0.6 is 0 Å². The molecule has 23 heavy (non-hydrogen) atoms. The zero-order valence-corrected chi connectivity index (χ0v) is 13.4. The van der Waals surface area contributed by atoms with Crippen LogP contribution in [0.1, 0.15) is 30.1 Å². The van der Waals surface area contributed by atoms with E-state index in [4.69, 9.17) is 4.52 Å². The molecule has 1 atom stereocenters. The molecule has 0 bridgehead atoms. The number of benzene rings is 2. The largest absolute Gasteiger partial charge is 0.338 e. The molecule has 118 valence electrons. The van der Waals surface area contributed by atoms with Crippen molar-refractivity contribution in [2.45, 2.75) is 38.8 Å². The molecule has 4 nitrogen and oxygen atoms in total. The maximum Gasteiger partial charge on any atom is 0.240 e. The molecule has 0 N–H and O–H groups in total. The average molecular weight is 307 g/mol. The van der Waals surface area contributed by atoms with Gasteiger partial charge in [0.15, 0.2) is 5.82 Å². The van der Waals surface area contributed by atoms with E-state index < -0.39 is 0 Å². The van der Waals surface area contributed by atoms with Crippen molar-refractivity contribution >= 4 is 10.8 Å². The summed E-state index contributed by atoms with van der Waals surface area (Å²) in [4.78, 5) is 6.83. The Morgan fingerprint density at radius 3 is 2.91 bits per heavy atom. The number of aromatic nitrogens is 2. The van der Waals surface area contributed by atoms with Gasteiger partial charge in [0, 0.05) is 6.04 Å². The standard InChI is InChI=1S/C19H21N3O/c1-14-20-19(23-21-14)13-22-11-5-9-17(22)12-16-8-4-7-15-6-2-3-10-18(15)16/h2-4,6-8,10,17H,5,9,11-13H2,1H3. The van der Waals surface area contributed by atoms with Crippen molar-refractivity contribution in [2.24, 2.45) is 0 Å². The Kier molecular flexibility index (Phi) is 3.83. The van der Waals surface area contributed by atoms with Crippen LogP contribution in [-0.2, 0) is 13.0 Å². The van der Waals surface area contributed by atoms with Crippen molar-refractivity contribution in [3.63, 3.8) is 0 Å². The normalized spacial score (nSPS) is 18.7. The molecule has 3 aromatic rings. The maximum absolute atomic E-state index is 5.29. The molecule has 2 heterocycles. The van der Waals surface area contributed by atoms with Crippen molar-refractivity contribution < 1.29 is 4.52 Å². The van der Waals surface area contributed by atoms with E-state index in [0.29, 0.717) is 11.9 Å². The Labute approximate surface area is 136 Å². The lowest BCUT2D eigenvalue weighted by Gasteiger charge is -2.23. The number of hydrogen-bond acceptors (Lipinski definition) is 4.